The average molecular weight is 472 g/mol. The molecule has 1 saturated heterocycles. The highest BCUT2D eigenvalue weighted by Gasteiger charge is 2.33. The molecule has 4 rings (SSSR count). The predicted octanol–water partition coefficient (Wildman–Crippen LogP) is 2.56. The van der Waals surface area contributed by atoms with Crippen LogP contribution in [0, 0.1) is 5.92 Å². The lowest BCUT2D eigenvalue weighted by Crippen LogP contribution is -2.43. The molecule has 0 aromatic heterocycles. The maximum atomic E-state index is 13.2. The third-order valence-electron chi connectivity index (χ3n) is 6.16. The fourth-order valence-electron chi connectivity index (χ4n) is 4.19. The van der Waals surface area contributed by atoms with Crippen LogP contribution in [0.3, 0.4) is 0 Å². The van der Waals surface area contributed by atoms with Gasteiger partial charge in [-0.15, -0.1) is 0 Å². The van der Waals surface area contributed by atoms with E-state index in [4.69, 9.17) is 4.74 Å². The molecule has 2 aliphatic heterocycles. The lowest BCUT2D eigenvalue weighted by atomic mass is 9.97. The number of benzene rings is 2. The summed E-state index contributed by atoms with van der Waals surface area (Å²) in [5.41, 5.74) is 1.52. The van der Waals surface area contributed by atoms with Crippen LogP contribution in [0.5, 0.6) is 5.75 Å². The van der Waals surface area contributed by atoms with Gasteiger partial charge >= 0.3 is 0 Å². The summed E-state index contributed by atoms with van der Waals surface area (Å²) in [6.07, 6.45) is 1.66. The van der Waals surface area contributed by atoms with Crippen LogP contribution >= 0.6 is 0 Å². The first-order chi connectivity index (χ1) is 15.9. The number of anilines is 1. The van der Waals surface area contributed by atoms with Crippen molar-refractivity contribution in [3.63, 3.8) is 0 Å². The molecule has 0 aliphatic carbocycles. The molecule has 9 heteroatoms. The molecule has 0 bridgehead atoms. The van der Waals surface area contributed by atoms with Gasteiger partial charge < -0.3 is 15.4 Å². The van der Waals surface area contributed by atoms with Crippen LogP contribution < -0.4 is 15.4 Å². The first-order valence-electron chi connectivity index (χ1n) is 11.3. The van der Waals surface area contributed by atoms with Crippen LogP contribution in [0.1, 0.15) is 31.7 Å². The quantitative estimate of drug-likeness (QED) is 0.646. The fourth-order valence-corrected chi connectivity index (χ4v) is 5.68. The summed E-state index contributed by atoms with van der Waals surface area (Å²) in [6, 6.07) is 14.5. The van der Waals surface area contributed by atoms with Crippen LogP contribution in [-0.4, -0.2) is 50.3 Å². The van der Waals surface area contributed by atoms with Gasteiger partial charge in [0.2, 0.25) is 15.9 Å². The van der Waals surface area contributed by atoms with Crippen molar-refractivity contribution in [3.8, 4) is 5.75 Å². The van der Waals surface area contributed by atoms with Crippen molar-refractivity contribution in [1.82, 2.24) is 9.62 Å². The first kappa shape index (κ1) is 23.3. The molecule has 1 atom stereocenters. The summed E-state index contributed by atoms with van der Waals surface area (Å²) >= 11 is 0. The van der Waals surface area contributed by atoms with Gasteiger partial charge in [-0.1, -0.05) is 37.3 Å². The van der Waals surface area contributed by atoms with Gasteiger partial charge in [0.25, 0.3) is 5.91 Å². The smallest absolute Gasteiger partial charge is 0.265 e. The van der Waals surface area contributed by atoms with Crippen molar-refractivity contribution in [3.05, 3.63) is 54.1 Å². The highest BCUT2D eigenvalue weighted by molar-refractivity contribution is 7.89. The lowest BCUT2D eigenvalue weighted by molar-refractivity contribution is -0.126. The molecule has 0 radical (unpaired) electrons. The number of carbonyl (C=O) groups is 2. The maximum absolute atomic E-state index is 13.2. The van der Waals surface area contributed by atoms with E-state index in [1.54, 1.807) is 6.07 Å². The number of hydrogen-bond donors (Lipinski definition) is 2. The number of sulfonamides is 1. The topological polar surface area (TPSA) is 105 Å². The number of fused-ring (bicyclic) bond motifs is 1. The molecule has 1 unspecified atom stereocenters. The summed E-state index contributed by atoms with van der Waals surface area (Å²) in [5, 5.41) is 5.70. The van der Waals surface area contributed by atoms with Gasteiger partial charge in [0, 0.05) is 25.6 Å². The van der Waals surface area contributed by atoms with Crippen LogP contribution in [-0.2, 0) is 26.0 Å². The monoisotopic (exact) mass is 471 g/mol. The maximum Gasteiger partial charge on any atom is 0.265 e. The Bertz CT molecular complexity index is 1110. The minimum absolute atomic E-state index is 0.0258. The number of piperidine rings is 1. The molecule has 2 aromatic carbocycles. The Morgan fingerprint density at radius 2 is 1.88 bits per heavy atom. The summed E-state index contributed by atoms with van der Waals surface area (Å²) in [6.45, 7) is 2.96. The van der Waals surface area contributed by atoms with Crippen molar-refractivity contribution in [2.45, 2.75) is 43.6 Å². The van der Waals surface area contributed by atoms with Crippen LogP contribution in [0.25, 0.3) is 0 Å². The summed E-state index contributed by atoms with van der Waals surface area (Å²) < 4.78 is 33.4. The molecule has 2 heterocycles. The third-order valence-corrected chi connectivity index (χ3v) is 8.05. The second kappa shape index (κ2) is 9.93. The van der Waals surface area contributed by atoms with Gasteiger partial charge in [-0.2, -0.15) is 4.31 Å². The van der Waals surface area contributed by atoms with Gasteiger partial charge in [-0.25, -0.2) is 8.42 Å². The zero-order chi connectivity index (χ0) is 23.4. The number of nitrogens with one attached hydrogen (secondary N) is 2. The van der Waals surface area contributed by atoms with E-state index in [-0.39, 0.29) is 35.7 Å². The fraction of sp³-hybridized carbons (Fsp3) is 0.417. The molecule has 1 fully saturated rings. The number of hydrogen-bond acceptors (Lipinski definition) is 5. The van der Waals surface area contributed by atoms with E-state index in [1.807, 2.05) is 37.3 Å². The molecular weight excluding hydrogens is 442 g/mol. The van der Waals surface area contributed by atoms with Crippen molar-refractivity contribution in [2.75, 3.05) is 25.0 Å². The highest BCUT2D eigenvalue weighted by atomic mass is 32.2. The molecule has 2 amide bonds. The standard InChI is InChI=1S/C24H29N3O5S/c1-2-21-24(29)26-20-16-19(8-9-22(20)32-21)33(30,31)27-14-11-18(12-15-27)23(28)25-13-10-17-6-4-3-5-7-17/h3-9,16,18,21H,2,10-15H2,1H3,(H,25,28)(H,26,29). The highest BCUT2D eigenvalue weighted by Crippen LogP contribution is 2.34. The second-order valence-corrected chi connectivity index (χ2v) is 10.3. The Morgan fingerprint density at radius 1 is 1.15 bits per heavy atom. The van der Waals surface area contributed by atoms with E-state index in [2.05, 4.69) is 10.6 Å². The Morgan fingerprint density at radius 3 is 2.58 bits per heavy atom. The van der Waals surface area contributed by atoms with Gasteiger partial charge in [0.15, 0.2) is 6.10 Å². The van der Waals surface area contributed by atoms with Gasteiger partial charge in [-0.05, 0) is 49.4 Å². The lowest BCUT2D eigenvalue weighted by Gasteiger charge is -2.31. The van der Waals surface area contributed by atoms with Gasteiger partial charge in [0.1, 0.15) is 5.75 Å². The molecule has 2 aromatic rings. The largest absolute Gasteiger partial charge is 0.478 e. The number of amides is 2. The second-order valence-electron chi connectivity index (χ2n) is 8.37. The third kappa shape index (κ3) is 5.20. The van der Waals surface area contributed by atoms with E-state index in [9.17, 15) is 18.0 Å². The van der Waals surface area contributed by atoms with E-state index in [1.165, 1.54) is 16.4 Å². The van der Waals surface area contributed by atoms with Crippen molar-refractivity contribution in [2.24, 2.45) is 5.92 Å². The predicted molar refractivity (Wildman–Crippen MR) is 124 cm³/mol. The van der Waals surface area contributed by atoms with Crippen molar-refractivity contribution >= 4 is 27.5 Å². The number of ether oxygens (including phenoxy) is 1. The molecule has 0 saturated carbocycles. The SMILES string of the molecule is CCC1Oc2ccc(S(=O)(=O)N3CCC(C(=O)NCCc4ccccc4)CC3)cc2NC1=O. The number of rotatable bonds is 7. The van der Waals surface area contributed by atoms with Crippen LogP contribution in [0.4, 0.5) is 5.69 Å². The van der Waals surface area contributed by atoms with Gasteiger partial charge in [0.05, 0.1) is 10.6 Å². The molecular formula is C24H29N3O5S. The summed E-state index contributed by atoms with van der Waals surface area (Å²) in [7, 11) is -3.74. The molecule has 0 spiro atoms. The summed E-state index contributed by atoms with van der Waals surface area (Å²) in [5.74, 6) is -0.0403. The Balaban J connectivity index is 1.33. The first-order valence-corrected chi connectivity index (χ1v) is 12.8. The Kier molecular flexibility index (Phi) is 6.99. The van der Waals surface area contributed by atoms with Crippen molar-refractivity contribution in [1.29, 1.82) is 0 Å². The Hall–Kier alpha value is -2.91. The molecule has 176 valence electrons. The van der Waals surface area contributed by atoms with Gasteiger partial charge in [-0.3, -0.25) is 9.59 Å². The zero-order valence-electron chi connectivity index (χ0n) is 18.6. The van der Waals surface area contributed by atoms with Crippen molar-refractivity contribution < 1.29 is 22.7 Å². The van der Waals surface area contributed by atoms with Crippen LogP contribution in [0.2, 0.25) is 0 Å². The Labute approximate surface area is 194 Å². The molecule has 2 aliphatic rings. The van der Waals surface area contributed by atoms with Crippen LogP contribution in [0.15, 0.2) is 53.4 Å². The number of nitrogens with zero attached hydrogens (tertiary/aromatic N) is 1. The average Bonchev–Trinajstić information content (AvgIpc) is 2.84. The minimum atomic E-state index is -3.74. The normalized spacial score (nSPS) is 19.3. The summed E-state index contributed by atoms with van der Waals surface area (Å²) in [4.78, 5) is 24.7. The van der Waals surface area contributed by atoms with E-state index in [0.29, 0.717) is 37.2 Å². The molecule has 8 nitrogen and oxygen atoms in total. The van der Waals surface area contributed by atoms with E-state index >= 15 is 0 Å². The van der Waals surface area contributed by atoms with E-state index in [0.717, 1.165) is 12.0 Å². The minimum Gasteiger partial charge on any atom is -0.478 e. The zero-order valence-corrected chi connectivity index (χ0v) is 19.4. The molecule has 33 heavy (non-hydrogen) atoms. The molecule has 2 N–H and O–H groups in total. The van der Waals surface area contributed by atoms with E-state index < -0.39 is 16.1 Å². The number of carbonyl (C=O) groups excluding carboxylic acids is 2.